The van der Waals surface area contributed by atoms with Crippen LogP contribution in [-0.4, -0.2) is 24.9 Å². The van der Waals surface area contributed by atoms with E-state index in [0.717, 1.165) is 0 Å². The molecular formula is C7H11NO. The normalized spacial score (nSPS) is 8.22. The van der Waals surface area contributed by atoms with Gasteiger partial charge in [-0.1, -0.05) is 19.2 Å². The van der Waals surface area contributed by atoms with E-state index in [0.29, 0.717) is 5.57 Å². The molecule has 0 atom stereocenters. The highest BCUT2D eigenvalue weighted by molar-refractivity contribution is 5.94. The van der Waals surface area contributed by atoms with Crippen LogP contribution in [0.1, 0.15) is 0 Å². The van der Waals surface area contributed by atoms with Crippen LogP contribution in [0.15, 0.2) is 24.8 Å². The first-order valence-electron chi connectivity index (χ1n) is 2.62. The lowest BCUT2D eigenvalue weighted by atomic mass is 10.3. The monoisotopic (exact) mass is 125 g/mol. The van der Waals surface area contributed by atoms with Gasteiger partial charge in [-0.25, -0.2) is 0 Å². The van der Waals surface area contributed by atoms with Gasteiger partial charge in [0.25, 0.3) is 5.91 Å². The Labute approximate surface area is 55.5 Å². The van der Waals surface area contributed by atoms with Crippen molar-refractivity contribution in [2.24, 2.45) is 0 Å². The van der Waals surface area contributed by atoms with Crippen LogP contribution < -0.4 is 0 Å². The SMILES string of the molecule is C=CC(=C)C(=O)N(C)C. The fourth-order valence-corrected chi connectivity index (χ4v) is 0.375. The third kappa shape index (κ3) is 2.13. The first-order chi connectivity index (χ1) is 4.09. The zero-order valence-corrected chi connectivity index (χ0v) is 5.85. The standard InChI is InChI=1S/C7H11NO/c1-5-6(2)7(9)8(3)4/h5H,1-2H2,3-4H3. The van der Waals surface area contributed by atoms with Gasteiger partial charge in [0, 0.05) is 19.7 Å². The van der Waals surface area contributed by atoms with Crippen LogP contribution in [0, 0.1) is 0 Å². The minimum atomic E-state index is -0.0926. The maximum atomic E-state index is 10.8. The van der Waals surface area contributed by atoms with E-state index < -0.39 is 0 Å². The van der Waals surface area contributed by atoms with Crippen molar-refractivity contribution in [2.75, 3.05) is 14.1 Å². The van der Waals surface area contributed by atoms with Gasteiger partial charge in [-0.2, -0.15) is 0 Å². The van der Waals surface area contributed by atoms with Gasteiger partial charge < -0.3 is 4.90 Å². The van der Waals surface area contributed by atoms with Crippen LogP contribution in [-0.2, 0) is 4.79 Å². The molecule has 0 heterocycles. The van der Waals surface area contributed by atoms with Gasteiger partial charge in [-0.05, 0) is 0 Å². The molecule has 0 bridgehead atoms. The lowest BCUT2D eigenvalue weighted by Gasteiger charge is -2.08. The Bertz CT molecular complexity index is 147. The molecule has 0 aliphatic rings. The Morgan fingerprint density at radius 2 is 2.00 bits per heavy atom. The van der Waals surface area contributed by atoms with Crippen LogP contribution >= 0.6 is 0 Å². The Hall–Kier alpha value is -1.05. The van der Waals surface area contributed by atoms with Crippen molar-refractivity contribution in [3.63, 3.8) is 0 Å². The Morgan fingerprint density at radius 1 is 1.56 bits per heavy atom. The van der Waals surface area contributed by atoms with Crippen molar-refractivity contribution in [3.05, 3.63) is 24.8 Å². The van der Waals surface area contributed by atoms with Crippen LogP contribution in [0.25, 0.3) is 0 Å². The summed E-state index contributed by atoms with van der Waals surface area (Å²) in [5.41, 5.74) is 0.431. The van der Waals surface area contributed by atoms with Gasteiger partial charge in [-0.15, -0.1) is 0 Å². The summed E-state index contributed by atoms with van der Waals surface area (Å²) in [6.07, 6.45) is 1.45. The average Bonchev–Trinajstić information content (AvgIpc) is 1.84. The molecule has 0 N–H and O–H groups in total. The fraction of sp³-hybridized carbons (Fsp3) is 0.286. The minimum absolute atomic E-state index is 0.0926. The topological polar surface area (TPSA) is 20.3 Å². The van der Waals surface area contributed by atoms with Crippen molar-refractivity contribution in [1.29, 1.82) is 0 Å². The molecule has 2 heteroatoms. The van der Waals surface area contributed by atoms with E-state index >= 15 is 0 Å². The smallest absolute Gasteiger partial charge is 0.252 e. The average molecular weight is 125 g/mol. The second-order valence-corrected chi connectivity index (χ2v) is 1.93. The summed E-state index contributed by atoms with van der Waals surface area (Å²) in [7, 11) is 3.36. The van der Waals surface area contributed by atoms with Gasteiger partial charge in [-0.3, -0.25) is 4.79 Å². The van der Waals surface area contributed by atoms with Gasteiger partial charge in [0.05, 0.1) is 0 Å². The third-order valence-corrected chi connectivity index (χ3v) is 0.927. The highest BCUT2D eigenvalue weighted by Gasteiger charge is 2.03. The highest BCUT2D eigenvalue weighted by Crippen LogP contribution is 1.94. The van der Waals surface area contributed by atoms with Crippen LogP contribution in [0.5, 0.6) is 0 Å². The molecule has 1 amide bonds. The number of carbonyl (C=O) groups is 1. The summed E-state index contributed by atoms with van der Waals surface area (Å²) in [6.45, 7) is 6.90. The molecule has 0 aromatic carbocycles. The summed E-state index contributed by atoms with van der Waals surface area (Å²) >= 11 is 0. The quantitative estimate of drug-likeness (QED) is 0.395. The lowest BCUT2D eigenvalue weighted by molar-refractivity contribution is -0.124. The Balaban J connectivity index is 4.04. The van der Waals surface area contributed by atoms with Gasteiger partial charge in [0.2, 0.25) is 0 Å². The molecule has 0 saturated carbocycles. The predicted octanol–water partition coefficient (Wildman–Crippen LogP) is 0.817. The fourth-order valence-electron chi connectivity index (χ4n) is 0.375. The number of hydrogen-bond donors (Lipinski definition) is 0. The molecule has 0 rings (SSSR count). The van der Waals surface area contributed by atoms with Crippen molar-refractivity contribution < 1.29 is 4.79 Å². The molecule has 0 radical (unpaired) electrons. The van der Waals surface area contributed by atoms with Gasteiger partial charge in [0.15, 0.2) is 0 Å². The van der Waals surface area contributed by atoms with E-state index in [9.17, 15) is 4.79 Å². The molecule has 0 aliphatic carbocycles. The summed E-state index contributed by atoms with van der Waals surface area (Å²) in [5, 5.41) is 0. The van der Waals surface area contributed by atoms with E-state index in [-0.39, 0.29) is 5.91 Å². The van der Waals surface area contributed by atoms with Crippen molar-refractivity contribution in [1.82, 2.24) is 4.90 Å². The van der Waals surface area contributed by atoms with Crippen LogP contribution in [0.2, 0.25) is 0 Å². The third-order valence-electron chi connectivity index (χ3n) is 0.927. The molecule has 0 aliphatic heterocycles. The first-order valence-corrected chi connectivity index (χ1v) is 2.62. The molecule has 0 aromatic rings. The molecule has 0 aromatic heterocycles. The maximum Gasteiger partial charge on any atom is 0.252 e. The lowest BCUT2D eigenvalue weighted by Crippen LogP contribution is -2.22. The molecule has 0 spiro atoms. The summed E-state index contributed by atoms with van der Waals surface area (Å²) in [5.74, 6) is -0.0926. The summed E-state index contributed by atoms with van der Waals surface area (Å²) in [6, 6.07) is 0. The zero-order chi connectivity index (χ0) is 7.44. The first kappa shape index (κ1) is 7.95. The van der Waals surface area contributed by atoms with E-state index in [1.165, 1.54) is 11.0 Å². The molecular weight excluding hydrogens is 114 g/mol. The molecule has 0 unspecified atom stereocenters. The second-order valence-electron chi connectivity index (χ2n) is 1.93. The molecule has 9 heavy (non-hydrogen) atoms. The summed E-state index contributed by atoms with van der Waals surface area (Å²) < 4.78 is 0. The molecule has 2 nitrogen and oxygen atoms in total. The Morgan fingerprint density at radius 3 is 2.11 bits per heavy atom. The second kappa shape index (κ2) is 3.07. The van der Waals surface area contributed by atoms with Gasteiger partial charge in [0.1, 0.15) is 0 Å². The number of nitrogens with zero attached hydrogens (tertiary/aromatic N) is 1. The van der Waals surface area contributed by atoms with Crippen molar-refractivity contribution in [2.45, 2.75) is 0 Å². The number of amides is 1. The van der Waals surface area contributed by atoms with E-state index in [1.54, 1.807) is 14.1 Å². The van der Waals surface area contributed by atoms with E-state index in [2.05, 4.69) is 13.2 Å². The number of likely N-dealkylation sites (N-methyl/N-ethyl adjacent to an activating group) is 1. The van der Waals surface area contributed by atoms with Crippen LogP contribution in [0.3, 0.4) is 0 Å². The largest absolute Gasteiger partial charge is 0.345 e. The van der Waals surface area contributed by atoms with Crippen molar-refractivity contribution in [3.8, 4) is 0 Å². The molecule has 0 saturated heterocycles. The molecule has 0 fully saturated rings. The molecule has 50 valence electrons. The Kier molecular flexibility index (Phi) is 2.71. The predicted molar refractivity (Wildman–Crippen MR) is 38.0 cm³/mol. The summed E-state index contributed by atoms with van der Waals surface area (Å²) in [4.78, 5) is 12.3. The minimum Gasteiger partial charge on any atom is -0.345 e. The van der Waals surface area contributed by atoms with E-state index in [1.807, 2.05) is 0 Å². The van der Waals surface area contributed by atoms with Gasteiger partial charge >= 0.3 is 0 Å². The number of hydrogen-bond acceptors (Lipinski definition) is 1. The maximum absolute atomic E-state index is 10.8. The highest BCUT2D eigenvalue weighted by atomic mass is 16.2. The number of rotatable bonds is 2. The van der Waals surface area contributed by atoms with Crippen LogP contribution in [0.4, 0.5) is 0 Å². The number of carbonyl (C=O) groups excluding carboxylic acids is 1. The zero-order valence-electron chi connectivity index (χ0n) is 5.85. The van der Waals surface area contributed by atoms with E-state index in [4.69, 9.17) is 0 Å². The van der Waals surface area contributed by atoms with Crippen molar-refractivity contribution >= 4 is 5.91 Å².